The number of carbonyl (C=O) groups is 2. The van der Waals surface area contributed by atoms with Crippen LogP contribution >= 0.6 is 0 Å². The van der Waals surface area contributed by atoms with Crippen molar-refractivity contribution in [1.82, 2.24) is 4.98 Å². The number of nitrogens with one attached hydrogen (secondary N) is 1. The highest BCUT2D eigenvalue weighted by atomic mass is 19.3. The number of benzene rings is 1. The van der Waals surface area contributed by atoms with Crippen molar-refractivity contribution in [3.05, 3.63) is 47.5 Å². The Kier molecular flexibility index (Phi) is 6.24. The predicted octanol–water partition coefficient (Wildman–Crippen LogP) is 5.36. The van der Waals surface area contributed by atoms with Gasteiger partial charge >= 0.3 is 12.6 Å². The van der Waals surface area contributed by atoms with Crippen LogP contribution in [-0.2, 0) is 15.0 Å². The van der Waals surface area contributed by atoms with Gasteiger partial charge in [0.1, 0.15) is 5.69 Å². The first kappa shape index (κ1) is 21.3. The number of nitrogens with zero attached hydrogens (tertiary/aromatic N) is 1. The average Bonchev–Trinajstić information content (AvgIpc) is 2.83. The molecule has 1 aromatic carbocycles. The summed E-state index contributed by atoms with van der Waals surface area (Å²) in [7, 11) is 1.30. The monoisotopic (exact) mass is 479 g/mol. The summed E-state index contributed by atoms with van der Waals surface area (Å²) in [5.74, 6) is -2.60. The fourth-order valence-corrected chi connectivity index (χ4v) is 4.42. The Morgan fingerprint density at radius 2 is 1.82 bits per heavy atom. The molecule has 9 heteroatoms. The topological polar surface area (TPSA) is 97.8 Å². The van der Waals surface area contributed by atoms with E-state index < -0.39 is 42.0 Å². The van der Waals surface area contributed by atoms with Crippen molar-refractivity contribution >= 4 is 17.6 Å². The van der Waals surface area contributed by atoms with Crippen molar-refractivity contribution in [2.75, 3.05) is 12.4 Å². The van der Waals surface area contributed by atoms with E-state index in [0.29, 0.717) is 5.56 Å². The minimum absolute atomic E-state index is 0.00454. The largest absolute Gasteiger partial charge is 0.481 e. The van der Waals surface area contributed by atoms with Crippen molar-refractivity contribution in [1.29, 1.82) is 0 Å². The number of methoxy groups -OCH3 is 1. The molecule has 0 spiro atoms. The number of aromatic nitrogens is 1. The van der Waals surface area contributed by atoms with Gasteiger partial charge in [-0.25, -0.2) is 0 Å². The molecule has 1 aliphatic rings. The highest BCUT2D eigenvalue weighted by molar-refractivity contribution is 6.00. The van der Waals surface area contributed by atoms with Crippen LogP contribution in [0.4, 0.5) is 14.5 Å². The molecule has 1 aromatic heterocycles. The van der Waals surface area contributed by atoms with Crippen LogP contribution in [-0.4, -0.2) is 35.7 Å². The number of hydrogen-bond donors (Lipinski definition) is 2. The number of carboxylic acid groups (broad SMARTS) is 1. The van der Waals surface area contributed by atoms with Crippen LogP contribution in [0, 0.1) is 5.41 Å². The van der Waals surface area contributed by atoms with Gasteiger partial charge in [-0.05, 0) is 55.6 Å². The Balaban J connectivity index is 2.10. The third kappa shape index (κ3) is 4.98. The van der Waals surface area contributed by atoms with Gasteiger partial charge in [0, 0.05) is 10.2 Å². The van der Waals surface area contributed by atoms with Gasteiger partial charge in [0.15, 0.2) is 0 Å². The van der Waals surface area contributed by atoms with E-state index in [9.17, 15) is 23.5 Å². The van der Waals surface area contributed by atoms with E-state index in [1.807, 2.05) is 26.0 Å². The van der Waals surface area contributed by atoms with Crippen molar-refractivity contribution < 1.29 is 37.1 Å². The van der Waals surface area contributed by atoms with Crippen LogP contribution in [0.2, 0.25) is 0 Å². The lowest BCUT2D eigenvalue weighted by molar-refractivity contribution is -0.151. The standard InChI is InChI=1S/C25H30F2N2O5/c1-15(2)16-7-5-6-8-17(16)25(13-11-24(3,12-14-25)22(31)32)21(30)28-18-9-10-19(33-4)29-20(18)34-23(26)27/h5-10,15,23H,11-14H2,1-4H3,(H,28,30)(H,31,32)/i3D3. The van der Waals surface area contributed by atoms with E-state index in [-0.39, 0.29) is 43.2 Å². The molecule has 0 atom stereocenters. The van der Waals surface area contributed by atoms with Crippen LogP contribution in [0.5, 0.6) is 11.8 Å². The Bertz CT molecular complexity index is 1150. The van der Waals surface area contributed by atoms with E-state index in [1.165, 1.54) is 19.2 Å². The second kappa shape index (κ2) is 9.95. The number of rotatable bonds is 8. The lowest BCUT2D eigenvalue weighted by atomic mass is 9.60. The average molecular weight is 480 g/mol. The molecule has 1 saturated carbocycles. The van der Waals surface area contributed by atoms with E-state index in [0.717, 1.165) is 5.56 Å². The quantitative estimate of drug-likeness (QED) is 0.529. The molecule has 1 fully saturated rings. The molecule has 7 nitrogen and oxygen atoms in total. The number of carbonyl (C=O) groups excluding carboxylic acids is 1. The summed E-state index contributed by atoms with van der Waals surface area (Å²) in [5.41, 5.74) is -1.99. The van der Waals surface area contributed by atoms with Crippen molar-refractivity contribution in [3.63, 3.8) is 0 Å². The van der Waals surface area contributed by atoms with Crippen LogP contribution in [0.25, 0.3) is 0 Å². The number of amides is 1. The SMILES string of the molecule is [2H]C([2H])([2H])C1(C(=O)O)CCC(C(=O)Nc2ccc(OC)nc2OC(F)F)(c2ccccc2C(C)C)CC1. The molecule has 0 radical (unpaired) electrons. The summed E-state index contributed by atoms with van der Waals surface area (Å²) in [6, 6.07) is 9.88. The predicted molar refractivity (Wildman–Crippen MR) is 122 cm³/mol. The molecule has 1 heterocycles. The molecule has 0 bridgehead atoms. The van der Waals surface area contributed by atoms with Gasteiger partial charge in [-0.15, -0.1) is 0 Å². The number of alkyl halides is 2. The van der Waals surface area contributed by atoms with E-state index >= 15 is 0 Å². The van der Waals surface area contributed by atoms with Crippen LogP contribution in [0.3, 0.4) is 0 Å². The molecule has 2 N–H and O–H groups in total. The lowest BCUT2D eigenvalue weighted by Gasteiger charge is -2.43. The number of halogens is 2. The fraction of sp³-hybridized carbons (Fsp3) is 0.480. The number of ether oxygens (including phenoxy) is 2. The van der Waals surface area contributed by atoms with E-state index in [4.69, 9.17) is 8.85 Å². The second-order valence-corrected chi connectivity index (χ2v) is 8.75. The molecule has 34 heavy (non-hydrogen) atoms. The molecule has 3 rings (SSSR count). The van der Waals surface area contributed by atoms with Gasteiger partial charge in [-0.2, -0.15) is 13.8 Å². The van der Waals surface area contributed by atoms with E-state index in [2.05, 4.69) is 15.0 Å². The first-order valence-electron chi connectivity index (χ1n) is 12.4. The highest BCUT2D eigenvalue weighted by Crippen LogP contribution is 2.49. The summed E-state index contributed by atoms with van der Waals surface area (Å²) in [5, 5.41) is 12.5. The fourth-order valence-electron chi connectivity index (χ4n) is 4.42. The first-order chi connectivity index (χ1) is 17.3. The number of hydrogen-bond acceptors (Lipinski definition) is 5. The highest BCUT2D eigenvalue weighted by Gasteiger charge is 2.50. The minimum atomic E-state index is -3.21. The molecule has 0 unspecified atom stereocenters. The zero-order valence-corrected chi connectivity index (χ0v) is 19.2. The number of carboxylic acids is 1. The molecule has 1 amide bonds. The molecule has 1 aliphatic carbocycles. The summed E-state index contributed by atoms with van der Waals surface area (Å²) in [6.45, 7) is -2.11. The Labute approximate surface area is 201 Å². The lowest BCUT2D eigenvalue weighted by Crippen LogP contribution is -2.47. The number of pyridine rings is 1. The Morgan fingerprint density at radius 1 is 1.15 bits per heavy atom. The summed E-state index contributed by atoms with van der Waals surface area (Å²) < 4.78 is 59.3. The molecule has 2 aromatic rings. The van der Waals surface area contributed by atoms with Gasteiger partial charge in [0.05, 0.1) is 17.9 Å². The van der Waals surface area contributed by atoms with Gasteiger partial charge < -0.3 is 19.9 Å². The van der Waals surface area contributed by atoms with E-state index in [1.54, 1.807) is 12.1 Å². The summed E-state index contributed by atoms with van der Waals surface area (Å²) in [4.78, 5) is 30.0. The Hall–Kier alpha value is -3.23. The van der Waals surface area contributed by atoms with Gasteiger partial charge in [0.2, 0.25) is 17.7 Å². The second-order valence-electron chi connectivity index (χ2n) is 8.75. The van der Waals surface area contributed by atoms with Crippen molar-refractivity contribution in [3.8, 4) is 11.8 Å². The van der Waals surface area contributed by atoms with Gasteiger partial charge in [0.25, 0.3) is 0 Å². The maximum Gasteiger partial charge on any atom is 0.388 e. The Morgan fingerprint density at radius 3 is 2.38 bits per heavy atom. The maximum absolute atomic E-state index is 14.0. The molecular weight excluding hydrogens is 446 g/mol. The third-order valence-corrected chi connectivity index (χ3v) is 6.39. The maximum atomic E-state index is 14.0. The molecule has 184 valence electrons. The molecular formula is C25H30F2N2O5. The zero-order chi connectivity index (χ0) is 27.6. The van der Waals surface area contributed by atoms with Crippen LogP contribution in [0.15, 0.2) is 36.4 Å². The van der Waals surface area contributed by atoms with Crippen LogP contribution < -0.4 is 14.8 Å². The normalized spacial score (nSPS) is 24.1. The number of aliphatic carboxylic acids is 1. The van der Waals surface area contributed by atoms with Gasteiger partial charge in [-0.1, -0.05) is 38.1 Å². The third-order valence-electron chi connectivity index (χ3n) is 6.39. The van der Waals surface area contributed by atoms with Crippen LogP contribution in [0.1, 0.15) is 67.5 Å². The molecule has 0 saturated heterocycles. The van der Waals surface area contributed by atoms with Gasteiger partial charge in [-0.3, -0.25) is 9.59 Å². The number of anilines is 1. The summed E-state index contributed by atoms with van der Waals surface area (Å²) in [6.07, 6.45) is -0.719. The summed E-state index contributed by atoms with van der Waals surface area (Å²) >= 11 is 0. The minimum Gasteiger partial charge on any atom is -0.481 e. The van der Waals surface area contributed by atoms with Crippen molar-refractivity contribution in [2.24, 2.45) is 5.41 Å². The zero-order valence-electron chi connectivity index (χ0n) is 22.2. The first-order valence-corrected chi connectivity index (χ1v) is 10.9. The molecule has 0 aliphatic heterocycles. The van der Waals surface area contributed by atoms with Crippen molar-refractivity contribution in [2.45, 2.75) is 64.3 Å². The smallest absolute Gasteiger partial charge is 0.388 e.